The van der Waals surface area contributed by atoms with Crippen LogP contribution in [0.5, 0.6) is 0 Å². The van der Waals surface area contributed by atoms with Gasteiger partial charge in [0.15, 0.2) is 0 Å². The van der Waals surface area contributed by atoms with Gasteiger partial charge in [0.25, 0.3) is 0 Å². The first-order valence-corrected chi connectivity index (χ1v) is 5.53. The second kappa shape index (κ2) is 5.77. The van der Waals surface area contributed by atoms with Gasteiger partial charge in [0, 0.05) is 18.6 Å². The minimum absolute atomic E-state index is 0.172. The molecular weight excluding hydrogens is 291 g/mol. The second-order valence-electron chi connectivity index (χ2n) is 3.48. The van der Waals surface area contributed by atoms with Gasteiger partial charge in [-0.2, -0.15) is 0 Å². The van der Waals surface area contributed by atoms with Crippen LogP contribution in [0.2, 0.25) is 0 Å². The number of rotatable bonds is 3. The van der Waals surface area contributed by atoms with E-state index in [1.807, 2.05) is 0 Å². The van der Waals surface area contributed by atoms with Crippen molar-refractivity contribution >= 4 is 33.9 Å². The normalized spacial score (nSPS) is 10.6. The van der Waals surface area contributed by atoms with Gasteiger partial charge < -0.3 is 9.64 Å². The molecular formula is C11H12BrFN2O2. The van der Waals surface area contributed by atoms with Crippen LogP contribution >= 0.6 is 15.9 Å². The molecule has 0 aliphatic heterocycles. The van der Waals surface area contributed by atoms with Crippen LogP contribution in [0.1, 0.15) is 10.4 Å². The zero-order chi connectivity index (χ0) is 13.0. The van der Waals surface area contributed by atoms with E-state index in [4.69, 9.17) is 0 Å². The third-order valence-corrected chi connectivity index (χ3v) is 2.31. The predicted molar refractivity (Wildman–Crippen MR) is 67.3 cm³/mol. The third kappa shape index (κ3) is 3.52. The van der Waals surface area contributed by atoms with Crippen molar-refractivity contribution in [3.8, 4) is 0 Å². The molecule has 0 amide bonds. The van der Waals surface area contributed by atoms with Crippen molar-refractivity contribution in [3.63, 3.8) is 0 Å². The largest absolute Gasteiger partial charge is 0.465 e. The zero-order valence-electron chi connectivity index (χ0n) is 9.70. The molecule has 0 aliphatic carbocycles. The van der Waals surface area contributed by atoms with E-state index in [0.717, 1.165) is 0 Å². The Bertz CT molecular complexity index is 461. The van der Waals surface area contributed by atoms with Gasteiger partial charge in [-0.1, -0.05) is 15.9 Å². The number of carbonyl (C=O) groups is 1. The van der Waals surface area contributed by atoms with Crippen LogP contribution in [-0.2, 0) is 4.74 Å². The van der Waals surface area contributed by atoms with Crippen molar-refractivity contribution in [3.05, 3.63) is 28.0 Å². The summed E-state index contributed by atoms with van der Waals surface area (Å²) < 4.78 is 18.7. The fourth-order valence-electron chi connectivity index (χ4n) is 1.14. The summed E-state index contributed by atoms with van der Waals surface area (Å²) >= 11 is 3.15. The zero-order valence-corrected chi connectivity index (χ0v) is 11.3. The van der Waals surface area contributed by atoms with Gasteiger partial charge in [-0.05, 0) is 12.1 Å². The molecule has 1 rings (SSSR count). The van der Waals surface area contributed by atoms with Gasteiger partial charge in [-0.15, -0.1) is 0 Å². The molecule has 0 unspecified atom stereocenters. The Labute approximate surface area is 107 Å². The van der Waals surface area contributed by atoms with Crippen molar-refractivity contribution in [2.24, 2.45) is 4.99 Å². The smallest absolute Gasteiger partial charge is 0.343 e. The van der Waals surface area contributed by atoms with Gasteiger partial charge in [-0.3, -0.25) is 0 Å². The number of ether oxygens (including phenoxy) is 1. The molecule has 17 heavy (non-hydrogen) atoms. The van der Waals surface area contributed by atoms with Crippen molar-refractivity contribution in [2.45, 2.75) is 0 Å². The van der Waals surface area contributed by atoms with Crippen LogP contribution in [-0.4, -0.2) is 38.4 Å². The molecule has 0 saturated heterocycles. The predicted octanol–water partition coefficient (Wildman–Crippen LogP) is 2.60. The van der Waals surface area contributed by atoms with E-state index in [1.54, 1.807) is 25.1 Å². The lowest BCUT2D eigenvalue weighted by Gasteiger charge is -2.07. The molecule has 1 aromatic carbocycles. The number of hydrogen-bond donors (Lipinski definition) is 0. The van der Waals surface area contributed by atoms with Gasteiger partial charge in [0.1, 0.15) is 11.4 Å². The Morgan fingerprint density at radius 1 is 1.53 bits per heavy atom. The SMILES string of the molecule is COC(=O)c1c(F)cc(Br)cc1N=CN(C)C. The molecule has 0 bridgehead atoms. The fraction of sp³-hybridized carbons (Fsp3) is 0.273. The van der Waals surface area contributed by atoms with Crippen LogP contribution in [0.25, 0.3) is 0 Å². The molecule has 0 spiro atoms. The highest BCUT2D eigenvalue weighted by atomic mass is 79.9. The molecule has 0 atom stereocenters. The monoisotopic (exact) mass is 302 g/mol. The van der Waals surface area contributed by atoms with Crippen LogP contribution in [0.3, 0.4) is 0 Å². The summed E-state index contributed by atoms with van der Waals surface area (Å²) in [6.45, 7) is 0. The van der Waals surface area contributed by atoms with E-state index in [-0.39, 0.29) is 11.3 Å². The average molecular weight is 303 g/mol. The lowest BCUT2D eigenvalue weighted by molar-refractivity contribution is 0.0596. The summed E-state index contributed by atoms with van der Waals surface area (Å²) in [5.74, 6) is -1.42. The quantitative estimate of drug-likeness (QED) is 0.490. The van der Waals surface area contributed by atoms with Crippen LogP contribution in [0, 0.1) is 5.82 Å². The number of esters is 1. The van der Waals surface area contributed by atoms with E-state index < -0.39 is 11.8 Å². The number of methoxy groups -OCH3 is 1. The molecule has 92 valence electrons. The number of benzene rings is 1. The number of nitrogens with zero attached hydrogens (tertiary/aromatic N) is 2. The Hall–Kier alpha value is -1.43. The maximum Gasteiger partial charge on any atom is 0.343 e. The lowest BCUT2D eigenvalue weighted by atomic mass is 10.1. The first kappa shape index (κ1) is 13.6. The molecule has 0 radical (unpaired) electrons. The van der Waals surface area contributed by atoms with E-state index in [1.165, 1.54) is 19.5 Å². The molecule has 4 nitrogen and oxygen atoms in total. The highest BCUT2D eigenvalue weighted by molar-refractivity contribution is 9.10. The second-order valence-corrected chi connectivity index (χ2v) is 4.40. The first-order valence-electron chi connectivity index (χ1n) is 4.73. The molecule has 0 aromatic heterocycles. The van der Waals surface area contributed by atoms with E-state index in [0.29, 0.717) is 4.47 Å². The minimum atomic E-state index is -0.749. The Balaban J connectivity index is 3.30. The summed E-state index contributed by atoms with van der Waals surface area (Å²) in [6.07, 6.45) is 1.48. The Kier molecular flexibility index (Phi) is 4.62. The molecule has 0 heterocycles. The molecule has 0 saturated carbocycles. The number of aliphatic imine (C=N–C) groups is 1. The maximum absolute atomic E-state index is 13.7. The average Bonchev–Trinajstić information content (AvgIpc) is 2.24. The standard InChI is InChI=1S/C11H12BrFN2O2/c1-15(2)6-14-9-5-7(12)4-8(13)10(9)11(16)17-3/h4-6H,1-3H3. The number of halogens is 2. The van der Waals surface area contributed by atoms with Crippen LogP contribution in [0.15, 0.2) is 21.6 Å². The van der Waals surface area contributed by atoms with Crippen LogP contribution < -0.4 is 0 Å². The summed E-state index contributed by atoms with van der Waals surface area (Å²) in [5, 5.41) is 0. The summed E-state index contributed by atoms with van der Waals surface area (Å²) in [6, 6.07) is 2.75. The van der Waals surface area contributed by atoms with Gasteiger partial charge >= 0.3 is 5.97 Å². The lowest BCUT2D eigenvalue weighted by Crippen LogP contribution is -2.09. The summed E-state index contributed by atoms with van der Waals surface area (Å²) in [4.78, 5) is 17.2. The highest BCUT2D eigenvalue weighted by Gasteiger charge is 2.18. The molecule has 0 N–H and O–H groups in total. The maximum atomic E-state index is 13.7. The molecule has 1 aromatic rings. The molecule has 0 aliphatic rings. The Morgan fingerprint density at radius 2 is 2.18 bits per heavy atom. The molecule has 6 heteroatoms. The van der Waals surface area contributed by atoms with Gasteiger partial charge in [-0.25, -0.2) is 14.2 Å². The van der Waals surface area contributed by atoms with E-state index in [2.05, 4.69) is 25.7 Å². The van der Waals surface area contributed by atoms with Crippen molar-refractivity contribution in [2.75, 3.05) is 21.2 Å². The number of hydrogen-bond acceptors (Lipinski definition) is 3. The van der Waals surface area contributed by atoms with E-state index in [9.17, 15) is 9.18 Å². The van der Waals surface area contributed by atoms with Crippen molar-refractivity contribution < 1.29 is 13.9 Å². The number of carbonyl (C=O) groups excluding carboxylic acids is 1. The topological polar surface area (TPSA) is 41.9 Å². The van der Waals surface area contributed by atoms with E-state index >= 15 is 0 Å². The summed E-state index contributed by atoms with van der Waals surface area (Å²) in [7, 11) is 4.74. The van der Waals surface area contributed by atoms with Crippen molar-refractivity contribution in [1.29, 1.82) is 0 Å². The molecule has 0 fully saturated rings. The van der Waals surface area contributed by atoms with Crippen molar-refractivity contribution in [1.82, 2.24) is 4.90 Å². The first-order chi connectivity index (χ1) is 7.95. The highest BCUT2D eigenvalue weighted by Crippen LogP contribution is 2.27. The Morgan fingerprint density at radius 3 is 2.71 bits per heavy atom. The minimum Gasteiger partial charge on any atom is -0.465 e. The van der Waals surface area contributed by atoms with Gasteiger partial charge in [0.2, 0.25) is 0 Å². The van der Waals surface area contributed by atoms with Gasteiger partial charge in [0.05, 0.1) is 19.1 Å². The fourth-order valence-corrected chi connectivity index (χ4v) is 1.56. The van der Waals surface area contributed by atoms with Crippen LogP contribution in [0.4, 0.5) is 10.1 Å². The third-order valence-electron chi connectivity index (χ3n) is 1.85. The summed E-state index contributed by atoms with van der Waals surface area (Å²) in [5.41, 5.74) is 0.0474.